The number of nitrogens with zero attached hydrogens (tertiary/aromatic N) is 1. The monoisotopic (exact) mass is 438 g/mol. The van der Waals surface area contributed by atoms with Crippen LogP contribution in [0.3, 0.4) is 0 Å². The van der Waals surface area contributed by atoms with Crippen LogP contribution >= 0.6 is 11.8 Å². The Morgan fingerprint density at radius 3 is 2.39 bits per heavy atom. The molecule has 0 saturated heterocycles. The summed E-state index contributed by atoms with van der Waals surface area (Å²) in [7, 11) is 0. The van der Waals surface area contributed by atoms with Crippen molar-refractivity contribution in [3.8, 4) is 0 Å². The lowest BCUT2D eigenvalue weighted by Gasteiger charge is -2.30. The third-order valence-corrected chi connectivity index (χ3v) is 6.94. The second kappa shape index (κ2) is 11.9. The number of aryl methyl sites for hydroxylation is 1. The van der Waals surface area contributed by atoms with E-state index in [9.17, 15) is 9.59 Å². The van der Waals surface area contributed by atoms with Crippen molar-refractivity contribution in [1.29, 1.82) is 0 Å². The topological polar surface area (TPSA) is 49.4 Å². The second-order valence-corrected chi connectivity index (χ2v) is 9.57. The number of carbonyl (C=O) groups is 2. The van der Waals surface area contributed by atoms with Gasteiger partial charge < -0.3 is 10.2 Å². The van der Waals surface area contributed by atoms with Gasteiger partial charge in [-0.2, -0.15) is 11.8 Å². The summed E-state index contributed by atoms with van der Waals surface area (Å²) in [4.78, 5) is 27.8. The Kier molecular flexibility index (Phi) is 9.01. The van der Waals surface area contributed by atoms with Crippen molar-refractivity contribution >= 4 is 23.6 Å². The van der Waals surface area contributed by atoms with Crippen LogP contribution in [0.2, 0.25) is 0 Å². The van der Waals surface area contributed by atoms with E-state index in [1.165, 1.54) is 24.0 Å². The molecule has 4 nitrogen and oxygen atoms in total. The summed E-state index contributed by atoms with van der Waals surface area (Å²) < 4.78 is 0. The smallest absolute Gasteiger partial charge is 0.242 e. The highest BCUT2D eigenvalue weighted by molar-refractivity contribution is 7.98. The fourth-order valence-corrected chi connectivity index (χ4v) is 4.82. The Bertz CT molecular complexity index is 832. The number of amides is 2. The maximum Gasteiger partial charge on any atom is 0.242 e. The molecule has 0 aliphatic heterocycles. The lowest BCUT2D eigenvalue weighted by Crippen LogP contribution is -2.49. The number of hydrogen-bond donors (Lipinski definition) is 1. The third-order valence-electron chi connectivity index (χ3n) is 5.91. The maximum atomic E-state index is 13.1. The van der Waals surface area contributed by atoms with E-state index in [1.54, 1.807) is 16.7 Å². The van der Waals surface area contributed by atoms with Crippen LogP contribution in [0, 0.1) is 6.92 Å². The Hall–Kier alpha value is -2.27. The van der Waals surface area contributed by atoms with E-state index in [4.69, 9.17) is 0 Å². The molecule has 0 aromatic heterocycles. The summed E-state index contributed by atoms with van der Waals surface area (Å²) in [6, 6.07) is 18.3. The van der Waals surface area contributed by atoms with Crippen molar-refractivity contribution in [2.24, 2.45) is 0 Å². The second-order valence-electron chi connectivity index (χ2n) is 8.46. The largest absolute Gasteiger partial charge is 0.352 e. The fourth-order valence-electron chi connectivity index (χ4n) is 3.93. The number of carbonyl (C=O) groups excluding carboxylic acids is 2. The molecule has 1 saturated carbocycles. The lowest BCUT2D eigenvalue weighted by molar-refractivity contribution is -0.140. The van der Waals surface area contributed by atoms with Gasteiger partial charge in [0.15, 0.2) is 0 Å². The average Bonchev–Trinajstić information content (AvgIpc) is 3.29. The molecule has 0 spiro atoms. The third kappa shape index (κ3) is 7.42. The highest BCUT2D eigenvalue weighted by atomic mass is 32.2. The minimum absolute atomic E-state index is 0.0372. The Balaban J connectivity index is 1.59. The van der Waals surface area contributed by atoms with Crippen molar-refractivity contribution in [1.82, 2.24) is 10.2 Å². The van der Waals surface area contributed by atoms with Crippen LogP contribution in [0.1, 0.15) is 55.7 Å². The number of rotatable bonds is 10. The first-order chi connectivity index (χ1) is 15.0. The average molecular weight is 439 g/mol. The van der Waals surface area contributed by atoms with E-state index >= 15 is 0 Å². The number of hydrogen-bond acceptors (Lipinski definition) is 3. The van der Waals surface area contributed by atoms with Crippen molar-refractivity contribution in [3.05, 3.63) is 71.3 Å². The van der Waals surface area contributed by atoms with Gasteiger partial charge in [-0.25, -0.2) is 0 Å². The first kappa shape index (κ1) is 23.4. The molecule has 1 aliphatic carbocycles. The van der Waals surface area contributed by atoms with Crippen molar-refractivity contribution in [2.45, 2.75) is 70.3 Å². The molecule has 0 radical (unpaired) electrons. The number of thioether (sulfide) groups is 1. The predicted octanol–water partition coefficient (Wildman–Crippen LogP) is 5.09. The molecular weight excluding hydrogens is 404 g/mol. The van der Waals surface area contributed by atoms with Crippen LogP contribution in [-0.2, 0) is 21.9 Å². The molecule has 0 heterocycles. The summed E-state index contributed by atoms with van der Waals surface area (Å²) in [5.74, 6) is 1.64. The van der Waals surface area contributed by atoms with Crippen LogP contribution in [0.4, 0.5) is 0 Å². The minimum atomic E-state index is -0.478. The summed E-state index contributed by atoms with van der Waals surface area (Å²) in [5.41, 5.74) is 3.50. The van der Waals surface area contributed by atoms with Gasteiger partial charge in [-0.3, -0.25) is 9.59 Å². The number of benzene rings is 2. The molecule has 3 rings (SSSR count). The van der Waals surface area contributed by atoms with E-state index in [1.807, 2.05) is 44.2 Å². The maximum absolute atomic E-state index is 13.1. The van der Waals surface area contributed by atoms with Gasteiger partial charge in [0.05, 0.1) is 0 Å². The Morgan fingerprint density at radius 2 is 1.71 bits per heavy atom. The highest BCUT2D eigenvalue weighted by Crippen LogP contribution is 2.19. The summed E-state index contributed by atoms with van der Waals surface area (Å²) in [6.07, 6.45) is 4.86. The summed E-state index contributed by atoms with van der Waals surface area (Å²) >= 11 is 1.76. The van der Waals surface area contributed by atoms with E-state index in [0.29, 0.717) is 13.0 Å². The van der Waals surface area contributed by atoms with E-state index < -0.39 is 6.04 Å². The first-order valence-corrected chi connectivity index (χ1v) is 12.5. The molecule has 0 bridgehead atoms. The van der Waals surface area contributed by atoms with Gasteiger partial charge in [-0.1, -0.05) is 73.0 Å². The van der Waals surface area contributed by atoms with Crippen molar-refractivity contribution in [2.75, 3.05) is 5.75 Å². The molecule has 1 aliphatic rings. The van der Waals surface area contributed by atoms with Crippen LogP contribution in [0.25, 0.3) is 0 Å². The SMILES string of the molecule is Cc1ccc(CN(C(=O)CCSCc2ccccc2)[C@@H](C)C(=O)NC2CCCC2)cc1. The first-order valence-electron chi connectivity index (χ1n) is 11.3. The van der Waals surface area contributed by atoms with E-state index in [-0.39, 0.29) is 17.9 Å². The van der Waals surface area contributed by atoms with Gasteiger partial charge in [0.1, 0.15) is 6.04 Å². The minimum Gasteiger partial charge on any atom is -0.352 e. The molecule has 0 unspecified atom stereocenters. The molecule has 1 N–H and O–H groups in total. The highest BCUT2D eigenvalue weighted by Gasteiger charge is 2.28. The van der Waals surface area contributed by atoms with Gasteiger partial charge in [0.25, 0.3) is 0 Å². The van der Waals surface area contributed by atoms with Crippen LogP contribution < -0.4 is 5.32 Å². The molecular formula is C26H34N2O2S. The standard InChI is InChI=1S/C26H34N2O2S/c1-20-12-14-22(15-13-20)18-28(21(2)26(30)27-24-10-6-7-11-24)25(29)16-17-31-19-23-8-4-3-5-9-23/h3-5,8-9,12-15,21,24H,6-7,10-11,16-19H2,1-2H3,(H,27,30)/t21-/m0/s1. The Labute approximate surface area is 190 Å². The zero-order valence-electron chi connectivity index (χ0n) is 18.7. The van der Waals surface area contributed by atoms with E-state index in [0.717, 1.165) is 29.9 Å². The van der Waals surface area contributed by atoms with E-state index in [2.05, 4.69) is 29.6 Å². The quantitative estimate of drug-likeness (QED) is 0.526. The molecule has 2 aromatic rings. The van der Waals surface area contributed by atoms with Gasteiger partial charge in [0, 0.05) is 30.5 Å². The van der Waals surface area contributed by atoms with Gasteiger partial charge in [-0.05, 0) is 37.8 Å². The lowest BCUT2D eigenvalue weighted by atomic mass is 10.1. The van der Waals surface area contributed by atoms with Gasteiger partial charge >= 0.3 is 0 Å². The van der Waals surface area contributed by atoms with Crippen molar-refractivity contribution in [3.63, 3.8) is 0 Å². The predicted molar refractivity (Wildman–Crippen MR) is 129 cm³/mol. The zero-order chi connectivity index (χ0) is 22.1. The van der Waals surface area contributed by atoms with Crippen molar-refractivity contribution < 1.29 is 9.59 Å². The fraction of sp³-hybridized carbons (Fsp3) is 0.462. The molecule has 31 heavy (non-hydrogen) atoms. The van der Waals surface area contributed by atoms with Crippen LogP contribution in [0.15, 0.2) is 54.6 Å². The normalized spacial score (nSPS) is 14.9. The summed E-state index contributed by atoms with van der Waals surface area (Å²) in [5, 5.41) is 3.16. The molecule has 2 aromatic carbocycles. The van der Waals surface area contributed by atoms with Gasteiger partial charge in [0.2, 0.25) is 11.8 Å². The molecule has 1 fully saturated rings. The van der Waals surface area contributed by atoms with Crippen LogP contribution in [0.5, 0.6) is 0 Å². The zero-order valence-corrected chi connectivity index (χ0v) is 19.5. The molecule has 2 amide bonds. The number of nitrogens with one attached hydrogen (secondary N) is 1. The van der Waals surface area contributed by atoms with Crippen LogP contribution in [-0.4, -0.2) is 34.6 Å². The van der Waals surface area contributed by atoms with Gasteiger partial charge in [-0.15, -0.1) is 0 Å². The molecule has 5 heteroatoms. The molecule has 1 atom stereocenters. The summed E-state index contributed by atoms with van der Waals surface area (Å²) in [6.45, 7) is 4.36. The molecule has 166 valence electrons. The Morgan fingerprint density at radius 1 is 1.03 bits per heavy atom.